The van der Waals surface area contributed by atoms with Gasteiger partial charge in [0.2, 0.25) is 0 Å². The number of benzene rings is 2. The molecule has 2 aromatic carbocycles. The molecule has 0 fully saturated rings. The van der Waals surface area contributed by atoms with Gasteiger partial charge in [-0.1, -0.05) is 57.6 Å². The summed E-state index contributed by atoms with van der Waals surface area (Å²) in [5.41, 5.74) is 9.84. The van der Waals surface area contributed by atoms with Gasteiger partial charge in [0.25, 0.3) is 0 Å². The monoisotopic (exact) mass is 412 g/mol. The quantitative estimate of drug-likeness (QED) is 0.356. The Morgan fingerprint density at radius 1 is 0.640 bits per heavy atom. The Kier molecular flexibility index (Phi) is 9.96. The van der Waals surface area contributed by atoms with E-state index in [4.69, 9.17) is 29.2 Å². The molecule has 0 bridgehead atoms. The summed E-state index contributed by atoms with van der Waals surface area (Å²) in [5.74, 6) is 0. The van der Waals surface area contributed by atoms with E-state index >= 15 is 0 Å². The van der Waals surface area contributed by atoms with E-state index in [1.165, 1.54) is 33.4 Å². The Morgan fingerprint density at radius 2 is 0.880 bits per heavy atom. The fourth-order valence-corrected chi connectivity index (χ4v) is 3.17. The van der Waals surface area contributed by atoms with Crippen LogP contribution in [0.15, 0.2) is 24.3 Å². The van der Waals surface area contributed by atoms with Gasteiger partial charge in [0.15, 0.2) is 0 Å². The molecule has 0 N–H and O–H groups in total. The molecule has 0 saturated heterocycles. The Bertz CT molecular complexity index is 597. The average molecular weight is 413 g/mol. The maximum absolute atomic E-state index is 4.89. The predicted octanol–water partition coefficient (Wildman–Crippen LogP) is 7.62. The summed E-state index contributed by atoms with van der Waals surface area (Å²) in [6, 6.07) is 8.77. The first-order valence-corrected chi connectivity index (χ1v) is 12.6. The van der Waals surface area contributed by atoms with Gasteiger partial charge in [0, 0.05) is 0 Å². The van der Waals surface area contributed by atoms with Crippen LogP contribution in [0.2, 0.25) is 0 Å². The molecule has 2 rings (SSSR count). The van der Waals surface area contributed by atoms with Gasteiger partial charge < -0.3 is 10.6 Å². The molecular weight excluding hydrogens is 387 g/mol. The van der Waals surface area contributed by atoms with Crippen molar-refractivity contribution in [2.45, 2.75) is 41.5 Å². The van der Waals surface area contributed by atoms with E-state index in [1.807, 2.05) is 0 Å². The molecule has 0 atom stereocenters. The normalized spacial score (nSPS) is 9.92. The number of nitrogens with zero attached hydrogens (tertiary/aromatic N) is 2. The van der Waals surface area contributed by atoms with Gasteiger partial charge >= 0.3 is 35.6 Å². The van der Waals surface area contributed by atoms with Gasteiger partial charge in [-0.15, -0.1) is 24.5 Å². The van der Waals surface area contributed by atoms with E-state index in [0.29, 0.717) is 0 Å². The Labute approximate surface area is 169 Å². The first-order chi connectivity index (χ1) is 11.8. The van der Waals surface area contributed by atoms with E-state index in [0.717, 1.165) is 24.5 Å². The number of halogens is 2. The van der Waals surface area contributed by atoms with Gasteiger partial charge in [-0.25, -0.2) is 0 Å². The fourth-order valence-electron chi connectivity index (χ4n) is 3.17. The molecule has 0 spiro atoms. The zero-order valence-corrected chi connectivity index (χ0v) is 18.9. The number of aryl methyl sites for hydroxylation is 6. The molecule has 0 aliphatic rings. The van der Waals surface area contributed by atoms with E-state index in [-0.39, 0.29) is 0 Å². The van der Waals surface area contributed by atoms with Crippen LogP contribution in [0.25, 0.3) is 10.6 Å². The van der Waals surface area contributed by atoms with Crippen LogP contribution in [-0.4, -0.2) is 13.1 Å². The molecule has 0 saturated carbocycles. The molecule has 0 radical (unpaired) electrons. The van der Waals surface area contributed by atoms with Crippen LogP contribution < -0.4 is 0 Å². The maximum atomic E-state index is 4.89. The van der Waals surface area contributed by atoms with Crippen LogP contribution >= 0.6 is 18.6 Å². The zero-order valence-electron chi connectivity index (χ0n) is 15.9. The minimum absolute atomic E-state index is 0.556. The first-order valence-electron chi connectivity index (χ1n) is 8.27. The molecule has 0 amide bonds. The fraction of sp³-hybridized carbons (Fsp3) is 0.400. The third-order valence-electron chi connectivity index (χ3n) is 3.91. The summed E-state index contributed by atoms with van der Waals surface area (Å²) in [6.45, 7) is 14.2. The summed E-state index contributed by atoms with van der Waals surface area (Å²) in [7, 11) is 9.78. The van der Waals surface area contributed by atoms with E-state index in [2.05, 4.69) is 65.8 Å². The van der Waals surface area contributed by atoms with Crippen LogP contribution in [-0.2, 0) is 17.0 Å². The Balaban J connectivity index is 0.000000970. The summed E-state index contributed by atoms with van der Waals surface area (Å²) >= 11 is -0.556. The second-order valence-electron chi connectivity index (χ2n) is 6.33. The molecule has 136 valence electrons. The molecular formula is C20H26Cl2N2Ti-2. The third-order valence-corrected chi connectivity index (χ3v) is 3.91. The van der Waals surface area contributed by atoms with Crippen molar-refractivity contribution in [2.24, 2.45) is 0 Å². The van der Waals surface area contributed by atoms with Crippen molar-refractivity contribution < 1.29 is 17.0 Å². The van der Waals surface area contributed by atoms with Crippen molar-refractivity contribution in [3.8, 4) is 0 Å². The van der Waals surface area contributed by atoms with Gasteiger partial charge in [-0.2, -0.15) is 0 Å². The molecule has 25 heavy (non-hydrogen) atoms. The van der Waals surface area contributed by atoms with Crippen LogP contribution in [0.1, 0.15) is 33.4 Å². The molecule has 0 unspecified atom stereocenters. The topological polar surface area (TPSA) is 28.2 Å². The molecule has 0 aromatic heterocycles. The standard InChI is InChI=1S/C20H26N2.2ClH.Ti/c1-13-9-15(3)19(16(4)10-13)21-7-8-22-20-17(5)11-14(2)12-18(20)6;;;/h9-12H,7-8H2,1-6H3;2*1H;/q-2;;;+2/p-2. The molecule has 0 heterocycles. The molecule has 0 aliphatic carbocycles. The Morgan fingerprint density at radius 3 is 1.12 bits per heavy atom. The van der Waals surface area contributed by atoms with Crippen LogP contribution in [0.5, 0.6) is 0 Å². The van der Waals surface area contributed by atoms with Crippen LogP contribution in [0.3, 0.4) is 0 Å². The first kappa shape index (κ1) is 22.4. The van der Waals surface area contributed by atoms with Crippen molar-refractivity contribution in [1.82, 2.24) is 0 Å². The van der Waals surface area contributed by atoms with E-state index < -0.39 is 17.0 Å². The number of hydrogen-bond acceptors (Lipinski definition) is 0. The van der Waals surface area contributed by atoms with Crippen molar-refractivity contribution in [2.75, 3.05) is 13.1 Å². The van der Waals surface area contributed by atoms with Gasteiger partial charge in [0.05, 0.1) is 0 Å². The van der Waals surface area contributed by atoms with Crippen molar-refractivity contribution in [1.29, 1.82) is 0 Å². The third kappa shape index (κ3) is 7.23. The summed E-state index contributed by atoms with van der Waals surface area (Å²) in [4.78, 5) is 0. The van der Waals surface area contributed by atoms with Gasteiger partial charge in [0.1, 0.15) is 0 Å². The molecule has 5 heteroatoms. The molecule has 2 aromatic rings. The predicted molar refractivity (Wildman–Crippen MR) is 109 cm³/mol. The summed E-state index contributed by atoms with van der Waals surface area (Å²) in [5, 5.41) is 9.49. The minimum atomic E-state index is -0.556. The average Bonchev–Trinajstić information content (AvgIpc) is 2.48. The van der Waals surface area contributed by atoms with Gasteiger partial charge in [-0.05, 0) is 41.5 Å². The zero-order chi connectivity index (χ0) is 19.0. The second-order valence-corrected chi connectivity index (χ2v) is 8.91. The van der Waals surface area contributed by atoms with Crippen molar-refractivity contribution >= 4 is 30.0 Å². The number of hydrogen-bond donors (Lipinski definition) is 0. The Hall–Kier alpha value is -0.666. The van der Waals surface area contributed by atoms with Crippen molar-refractivity contribution in [3.63, 3.8) is 0 Å². The molecule has 2 nitrogen and oxygen atoms in total. The molecule has 0 aliphatic heterocycles. The van der Waals surface area contributed by atoms with Crippen molar-refractivity contribution in [3.05, 3.63) is 68.3 Å². The number of rotatable bonds is 5. The van der Waals surface area contributed by atoms with E-state index in [1.54, 1.807) is 0 Å². The van der Waals surface area contributed by atoms with Crippen LogP contribution in [0.4, 0.5) is 11.4 Å². The van der Waals surface area contributed by atoms with Gasteiger partial charge in [-0.3, -0.25) is 0 Å². The van der Waals surface area contributed by atoms with Crippen LogP contribution in [0, 0.1) is 41.5 Å². The SMILES string of the molecule is Cc1cc(C)c([N-]CC[N-]c2c(C)cc(C)cc2C)c(C)c1.[Cl][Ti][Cl]. The summed E-state index contributed by atoms with van der Waals surface area (Å²) < 4.78 is 0. The van der Waals surface area contributed by atoms with E-state index in [9.17, 15) is 0 Å². The summed E-state index contributed by atoms with van der Waals surface area (Å²) in [6.07, 6.45) is 0. The second kappa shape index (κ2) is 11.1.